The first-order chi connectivity index (χ1) is 45.8. The number of cyclic esters (lactones) is 2. The minimum absolute atomic E-state index is 0.0103. The van der Waals surface area contributed by atoms with Gasteiger partial charge in [-0.3, -0.25) is 38.5 Å². The van der Waals surface area contributed by atoms with Crippen LogP contribution in [-0.2, 0) is 18.9 Å². The first-order valence-corrected chi connectivity index (χ1v) is 31.4. The molecule has 0 saturated carbocycles. The van der Waals surface area contributed by atoms with E-state index in [1.807, 2.05) is 58.5 Å². The van der Waals surface area contributed by atoms with E-state index in [1.54, 1.807) is 69.4 Å². The van der Waals surface area contributed by atoms with Crippen LogP contribution in [0.15, 0.2) is 166 Å². The van der Waals surface area contributed by atoms with E-state index in [9.17, 15) is 37.5 Å². The summed E-state index contributed by atoms with van der Waals surface area (Å²) >= 11 is 2.63. The number of morpholine rings is 2. The lowest BCUT2D eigenvalue weighted by molar-refractivity contribution is -0.0426. The Balaban J connectivity index is 0.000000143. The van der Waals surface area contributed by atoms with E-state index >= 15 is 8.78 Å². The molecule has 18 rings (SSSR count). The first-order valence-electron chi connectivity index (χ1n) is 29.7. The van der Waals surface area contributed by atoms with E-state index in [0.717, 1.165) is 34.4 Å². The number of halogens is 4. The van der Waals surface area contributed by atoms with Crippen molar-refractivity contribution in [2.24, 2.45) is 0 Å². The SMILES string of the molecule is O=C1OC(Oc2c3n(ccc2=O)N(C2c4ccccc4-c4scnc4-c4c2ccc(F)c4F)C2COCCN2C3=O)c2ccccc21.O=C1OC(Oc2c3n(ccc2=O)N([C@@H]2c4ccccc4-c4scnc4-c4c2ccc(F)c4F)[C@@H]2COCCN2C3=O)c2ccccc21. The lowest BCUT2D eigenvalue weighted by Crippen LogP contribution is -2.66. The molecule has 26 heteroatoms. The molecular formula is C68H44F4N8O12S2. The molecule has 2 saturated heterocycles. The molecule has 4 aromatic heterocycles. The normalized spacial score (nSPS) is 20.7. The summed E-state index contributed by atoms with van der Waals surface area (Å²) < 4.78 is 99.8. The van der Waals surface area contributed by atoms with Crippen LogP contribution in [0.1, 0.15) is 99.7 Å². The van der Waals surface area contributed by atoms with Gasteiger partial charge in [0.25, 0.3) is 24.4 Å². The van der Waals surface area contributed by atoms with Gasteiger partial charge in [0.05, 0.1) is 81.8 Å². The maximum absolute atomic E-state index is 15.9. The van der Waals surface area contributed by atoms with Crippen molar-refractivity contribution in [3.05, 3.63) is 256 Å². The molecule has 2 fully saturated rings. The third-order valence-corrected chi connectivity index (χ3v) is 19.8. The Hall–Kier alpha value is -10.8. The molecule has 0 spiro atoms. The molecule has 10 aromatic rings. The van der Waals surface area contributed by atoms with Gasteiger partial charge < -0.3 is 38.2 Å². The number of thiazole rings is 2. The number of amides is 2. The van der Waals surface area contributed by atoms with Gasteiger partial charge in [0, 0.05) is 59.9 Å². The zero-order valence-electron chi connectivity index (χ0n) is 48.5. The molecule has 20 nitrogen and oxygen atoms in total. The van der Waals surface area contributed by atoms with E-state index in [0.29, 0.717) is 54.5 Å². The van der Waals surface area contributed by atoms with Crippen molar-refractivity contribution in [2.75, 3.05) is 49.5 Å². The summed E-state index contributed by atoms with van der Waals surface area (Å²) in [5.74, 6) is -6.94. The Kier molecular flexibility index (Phi) is 13.3. The number of aromatic nitrogens is 4. The Bertz CT molecular complexity index is 4750. The topological polar surface area (TPSA) is 206 Å². The fraction of sp³-hybridized carbons (Fsp3) is 0.176. The lowest BCUT2D eigenvalue weighted by Gasteiger charge is -2.51. The van der Waals surface area contributed by atoms with Crippen LogP contribution in [0, 0.1) is 23.3 Å². The van der Waals surface area contributed by atoms with Crippen LogP contribution in [0.3, 0.4) is 0 Å². The maximum atomic E-state index is 15.9. The number of carbonyl (C=O) groups is 4. The van der Waals surface area contributed by atoms with Crippen LogP contribution in [0.4, 0.5) is 17.6 Å². The maximum Gasteiger partial charge on any atom is 0.342 e. The van der Waals surface area contributed by atoms with Crippen molar-refractivity contribution in [3.8, 4) is 54.9 Å². The summed E-state index contributed by atoms with van der Waals surface area (Å²) in [6.07, 6.45) is -1.03. The van der Waals surface area contributed by atoms with Crippen LogP contribution in [0.2, 0.25) is 0 Å². The summed E-state index contributed by atoms with van der Waals surface area (Å²) in [6, 6.07) is 34.4. The predicted molar refractivity (Wildman–Crippen MR) is 329 cm³/mol. The molecule has 4 unspecified atom stereocenters. The number of hydrogen-bond donors (Lipinski definition) is 0. The molecule has 6 aromatic carbocycles. The van der Waals surface area contributed by atoms with Gasteiger partial charge in [0.15, 0.2) is 34.7 Å². The van der Waals surface area contributed by atoms with E-state index < -0.39 is 94.9 Å². The van der Waals surface area contributed by atoms with Gasteiger partial charge in [-0.1, -0.05) is 97.1 Å². The number of fused-ring (bicyclic) bond motifs is 16. The fourth-order valence-corrected chi connectivity index (χ4v) is 15.7. The number of benzene rings is 6. The predicted octanol–water partition coefficient (Wildman–Crippen LogP) is 10.0. The van der Waals surface area contributed by atoms with Gasteiger partial charge in [-0.25, -0.2) is 37.1 Å². The van der Waals surface area contributed by atoms with Crippen molar-refractivity contribution >= 4 is 46.4 Å². The Morgan fingerprint density at radius 1 is 0.457 bits per heavy atom. The molecule has 10 heterocycles. The van der Waals surface area contributed by atoms with Crippen molar-refractivity contribution < 1.29 is 65.2 Å². The van der Waals surface area contributed by atoms with Crippen LogP contribution in [0.5, 0.6) is 11.5 Å². The summed E-state index contributed by atoms with van der Waals surface area (Å²) in [6.45, 7) is 1.07. The smallest absolute Gasteiger partial charge is 0.342 e. The number of ether oxygens (including phenoxy) is 6. The second-order valence-electron chi connectivity index (χ2n) is 22.8. The fourth-order valence-electron chi connectivity index (χ4n) is 14.0. The minimum Gasteiger partial charge on any atom is -0.444 e. The zero-order chi connectivity index (χ0) is 63.9. The highest BCUT2D eigenvalue weighted by Crippen LogP contribution is 2.53. The Labute approximate surface area is 536 Å². The van der Waals surface area contributed by atoms with Crippen LogP contribution in [-0.4, -0.2) is 105 Å². The van der Waals surface area contributed by atoms with Gasteiger partial charge in [0.2, 0.25) is 22.4 Å². The molecule has 0 N–H and O–H groups in total. The third-order valence-electron chi connectivity index (χ3n) is 18.0. The average molecular weight is 1310 g/mol. The quantitative estimate of drug-likeness (QED) is 0.112. The van der Waals surface area contributed by atoms with Gasteiger partial charge in [-0.15, -0.1) is 22.7 Å². The zero-order valence-corrected chi connectivity index (χ0v) is 50.2. The van der Waals surface area contributed by atoms with Gasteiger partial charge in [0.1, 0.15) is 12.3 Å². The van der Waals surface area contributed by atoms with Gasteiger partial charge >= 0.3 is 11.9 Å². The third kappa shape index (κ3) is 8.55. The summed E-state index contributed by atoms with van der Waals surface area (Å²) in [5.41, 5.74) is 7.72. The second-order valence-corrected chi connectivity index (χ2v) is 24.6. The Morgan fingerprint density at radius 3 is 1.28 bits per heavy atom. The van der Waals surface area contributed by atoms with E-state index in [2.05, 4.69) is 9.97 Å². The summed E-state index contributed by atoms with van der Waals surface area (Å²) in [5, 5.41) is 3.67. The molecule has 8 aliphatic rings. The summed E-state index contributed by atoms with van der Waals surface area (Å²) in [4.78, 5) is 94.3. The number of rotatable bonds is 6. The second kappa shape index (κ2) is 21.9. The van der Waals surface area contributed by atoms with E-state index in [1.165, 1.54) is 68.7 Å². The Morgan fingerprint density at radius 2 is 0.851 bits per heavy atom. The number of pyridine rings is 2. The van der Waals surface area contributed by atoms with Crippen LogP contribution in [0.25, 0.3) is 43.4 Å². The summed E-state index contributed by atoms with van der Waals surface area (Å²) in [7, 11) is 0. The molecular weight excluding hydrogens is 1260 g/mol. The van der Waals surface area contributed by atoms with E-state index in [4.69, 9.17) is 28.4 Å². The molecule has 6 aliphatic heterocycles. The van der Waals surface area contributed by atoms with Crippen molar-refractivity contribution in [1.82, 2.24) is 29.1 Å². The number of hydrogen-bond acceptors (Lipinski definition) is 18. The molecule has 2 amide bonds. The highest BCUT2D eigenvalue weighted by molar-refractivity contribution is 7.14. The minimum atomic E-state index is -1.26. The highest BCUT2D eigenvalue weighted by Gasteiger charge is 2.51. The number of esters is 2. The number of nitrogens with zero attached hydrogens (tertiary/aromatic N) is 8. The van der Waals surface area contributed by atoms with Gasteiger partial charge in [-0.2, -0.15) is 0 Å². The monoisotopic (exact) mass is 1300 g/mol. The van der Waals surface area contributed by atoms with Crippen LogP contribution < -0.4 is 30.3 Å². The van der Waals surface area contributed by atoms with Crippen molar-refractivity contribution in [2.45, 2.75) is 37.0 Å². The highest BCUT2D eigenvalue weighted by atomic mass is 32.1. The first kappa shape index (κ1) is 57.1. The van der Waals surface area contributed by atoms with Crippen molar-refractivity contribution in [3.63, 3.8) is 0 Å². The van der Waals surface area contributed by atoms with Crippen LogP contribution >= 0.6 is 22.7 Å². The van der Waals surface area contributed by atoms with Crippen molar-refractivity contribution in [1.29, 1.82) is 0 Å². The molecule has 0 bridgehead atoms. The molecule has 0 radical (unpaired) electrons. The van der Waals surface area contributed by atoms with E-state index in [-0.39, 0.29) is 73.5 Å². The largest absolute Gasteiger partial charge is 0.444 e. The molecule has 468 valence electrons. The standard InChI is InChI=1S/2C34H22F2N4O6S/c2*35-22-10-9-21-25(26(22)36)27-31(47-16-37-27)18-6-2-1-5-17(18)28(21)40-24-15-44-14-13-38(24)32(42)29-30(23(41)11-12-39(29)40)45-34-20-8-4-3-7-19(20)33(43)46-34/h2*1-12,16,24,28,34H,13-15H2/t24-,28-,34?;/m1./s1. The average Bonchev–Trinajstić information content (AvgIpc) is 1.32. The molecule has 2 aliphatic carbocycles. The lowest BCUT2D eigenvalue weighted by atomic mass is 9.92. The number of carbonyl (C=O) groups excluding carboxylic acids is 4. The molecule has 94 heavy (non-hydrogen) atoms. The molecule has 6 atom stereocenters. The van der Waals surface area contributed by atoms with Gasteiger partial charge in [-0.05, 0) is 57.6 Å².